The predicted octanol–water partition coefficient (Wildman–Crippen LogP) is 1.51. The first-order valence-electron chi connectivity index (χ1n) is 5.17. The SMILES string of the molecule is CC[n+]1ccccc1.C[n+]1ccccc1. The minimum Gasteiger partial charge on any atom is -0.208 e. The van der Waals surface area contributed by atoms with Crippen LogP contribution in [0, 0.1) is 0 Å². The van der Waals surface area contributed by atoms with Gasteiger partial charge in [-0.3, -0.25) is 0 Å². The molecular formula is C13H18N2+2. The summed E-state index contributed by atoms with van der Waals surface area (Å²) in [5.74, 6) is 0. The summed E-state index contributed by atoms with van der Waals surface area (Å²) in [6.07, 6.45) is 8.11. The molecule has 0 amide bonds. The maximum Gasteiger partial charge on any atom is 0.168 e. The van der Waals surface area contributed by atoms with Crippen LogP contribution in [0.2, 0.25) is 0 Å². The first-order valence-corrected chi connectivity index (χ1v) is 5.17. The highest BCUT2D eigenvalue weighted by atomic mass is 14.9. The first kappa shape index (κ1) is 11.4. The Balaban J connectivity index is 0.000000151. The van der Waals surface area contributed by atoms with Crippen LogP contribution in [0.1, 0.15) is 6.92 Å². The topological polar surface area (TPSA) is 7.76 Å². The van der Waals surface area contributed by atoms with Crippen LogP contribution in [0.15, 0.2) is 61.2 Å². The van der Waals surface area contributed by atoms with Gasteiger partial charge in [0, 0.05) is 24.3 Å². The summed E-state index contributed by atoms with van der Waals surface area (Å²) in [4.78, 5) is 0. The highest BCUT2D eigenvalue weighted by Gasteiger charge is 1.86. The number of nitrogens with zero attached hydrogens (tertiary/aromatic N) is 2. The zero-order chi connectivity index (χ0) is 10.9. The van der Waals surface area contributed by atoms with E-state index in [9.17, 15) is 0 Å². The molecule has 2 aromatic heterocycles. The third-order valence-electron chi connectivity index (χ3n) is 2.01. The van der Waals surface area contributed by atoms with E-state index in [-0.39, 0.29) is 0 Å². The molecule has 2 rings (SSSR count). The number of aryl methyl sites for hydroxylation is 2. The van der Waals surface area contributed by atoms with E-state index >= 15 is 0 Å². The van der Waals surface area contributed by atoms with Crippen LogP contribution in [0.25, 0.3) is 0 Å². The Labute approximate surface area is 91.4 Å². The van der Waals surface area contributed by atoms with E-state index in [1.807, 2.05) is 60.4 Å². The monoisotopic (exact) mass is 202 g/mol. The Kier molecular flexibility index (Phi) is 5.09. The second kappa shape index (κ2) is 6.71. The number of aromatic nitrogens is 2. The molecule has 0 saturated carbocycles. The van der Waals surface area contributed by atoms with Gasteiger partial charge in [-0.25, -0.2) is 9.13 Å². The molecule has 0 radical (unpaired) electrons. The molecule has 0 aliphatic heterocycles. The average molecular weight is 202 g/mol. The van der Waals surface area contributed by atoms with Gasteiger partial charge in [0.15, 0.2) is 24.8 Å². The Morgan fingerprint density at radius 2 is 1.20 bits per heavy atom. The molecular weight excluding hydrogens is 184 g/mol. The van der Waals surface area contributed by atoms with Crippen molar-refractivity contribution in [1.29, 1.82) is 0 Å². The fourth-order valence-electron chi connectivity index (χ4n) is 1.13. The van der Waals surface area contributed by atoms with Crippen LogP contribution in [-0.2, 0) is 13.6 Å². The van der Waals surface area contributed by atoms with Crippen LogP contribution in [-0.4, -0.2) is 0 Å². The molecule has 0 saturated heterocycles. The first-order chi connectivity index (χ1) is 7.33. The molecule has 0 spiro atoms. The van der Waals surface area contributed by atoms with Gasteiger partial charge in [-0.15, -0.1) is 0 Å². The molecule has 0 aliphatic rings. The molecule has 15 heavy (non-hydrogen) atoms. The van der Waals surface area contributed by atoms with Crippen molar-refractivity contribution >= 4 is 0 Å². The quantitative estimate of drug-likeness (QED) is 0.619. The minimum absolute atomic E-state index is 1.06. The van der Waals surface area contributed by atoms with Gasteiger partial charge in [0.2, 0.25) is 0 Å². The minimum atomic E-state index is 1.06. The van der Waals surface area contributed by atoms with Gasteiger partial charge >= 0.3 is 0 Å². The summed E-state index contributed by atoms with van der Waals surface area (Å²) in [5, 5.41) is 0. The van der Waals surface area contributed by atoms with Crippen molar-refractivity contribution in [1.82, 2.24) is 0 Å². The van der Waals surface area contributed by atoms with E-state index in [4.69, 9.17) is 0 Å². The van der Waals surface area contributed by atoms with Gasteiger partial charge in [0.1, 0.15) is 13.6 Å². The van der Waals surface area contributed by atoms with Crippen LogP contribution < -0.4 is 9.13 Å². The Morgan fingerprint density at radius 3 is 1.47 bits per heavy atom. The van der Waals surface area contributed by atoms with Crippen LogP contribution in [0.5, 0.6) is 0 Å². The lowest BCUT2D eigenvalue weighted by Crippen LogP contribution is -2.30. The lowest BCUT2D eigenvalue weighted by molar-refractivity contribution is -0.693. The predicted molar refractivity (Wildman–Crippen MR) is 59.9 cm³/mol. The summed E-state index contributed by atoms with van der Waals surface area (Å²) in [5.41, 5.74) is 0. The van der Waals surface area contributed by atoms with E-state index in [0.29, 0.717) is 0 Å². The number of hydrogen-bond acceptors (Lipinski definition) is 0. The van der Waals surface area contributed by atoms with Crippen LogP contribution >= 0.6 is 0 Å². The zero-order valence-corrected chi connectivity index (χ0v) is 9.38. The van der Waals surface area contributed by atoms with Crippen molar-refractivity contribution in [2.45, 2.75) is 13.5 Å². The normalized spacial score (nSPS) is 8.93. The molecule has 0 aliphatic carbocycles. The molecule has 0 aromatic carbocycles. The summed E-state index contributed by atoms with van der Waals surface area (Å²) in [6.45, 7) is 3.18. The van der Waals surface area contributed by atoms with Crippen molar-refractivity contribution in [2.24, 2.45) is 7.05 Å². The summed E-state index contributed by atoms with van der Waals surface area (Å²) < 4.78 is 4.12. The lowest BCUT2D eigenvalue weighted by atomic mass is 10.5. The summed E-state index contributed by atoms with van der Waals surface area (Å²) in [7, 11) is 2.00. The lowest BCUT2D eigenvalue weighted by Gasteiger charge is -1.84. The van der Waals surface area contributed by atoms with Gasteiger partial charge in [-0.05, 0) is 6.92 Å². The largest absolute Gasteiger partial charge is 0.208 e. The van der Waals surface area contributed by atoms with E-state index in [2.05, 4.69) is 23.9 Å². The highest BCUT2D eigenvalue weighted by Crippen LogP contribution is 1.74. The molecule has 0 atom stereocenters. The van der Waals surface area contributed by atoms with Gasteiger partial charge in [0.05, 0.1) is 0 Å². The van der Waals surface area contributed by atoms with Crippen molar-refractivity contribution in [3.8, 4) is 0 Å². The molecule has 2 heteroatoms. The number of pyridine rings is 2. The molecule has 0 N–H and O–H groups in total. The Hall–Kier alpha value is -1.70. The molecule has 0 unspecified atom stereocenters. The molecule has 0 bridgehead atoms. The maximum absolute atomic E-state index is 2.12. The Morgan fingerprint density at radius 1 is 0.733 bits per heavy atom. The zero-order valence-electron chi connectivity index (χ0n) is 9.38. The molecule has 2 aromatic rings. The third kappa shape index (κ3) is 4.91. The van der Waals surface area contributed by atoms with Gasteiger partial charge in [-0.2, -0.15) is 0 Å². The van der Waals surface area contributed by atoms with Crippen molar-refractivity contribution < 1.29 is 9.13 Å². The molecule has 0 fully saturated rings. The molecule has 2 heterocycles. The third-order valence-corrected chi connectivity index (χ3v) is 2.01. The second-order valence-electron chi connectivity index (χ2n) is 3.25. The van der Waals surface area contributed by atoms with E-state index < -0.39 is 0 Å². The van der Waals surface area contributed by atoms with Crippen LogP contribution in [0.3, 0.4) is 0 Å². The smallest absolute Gasteiger partial charge is 0.168 e. The van der Waals surface area contributed by atoms with Crippen LogP contribution in [0.4, 0.5) is 0 Å². The van der Waals surface area contributed by atoms with E-state index in [0.717, 1.165) is 6.54 Å². The van der Waals surface area contributed by atoms with E-state index in [1.165, 1.54) is 0 Å². The van der Waals surface area contributed by atoms with Crippen molar-refractivity contribution in [3.63, 3.8) is 0 Å². The standard InChI is InChI=1S/C7H10N.C6H8N/c1-2-8-6-4-3-5-7-8;1-7-5-3-2-4-6-7/h3-7H,2H2,1H3;2-6H,1H3/q2*+1. The fourth-order valence-corrected chi connectivity index (χ4v) is 1.13. The summed E-state index contributed by atoms with van der Waals surface area (Å²) >= 11 is 0. The van der Waals surface area contributed by atoms with Gasteiger partial charge in [-0.1, -0.05) is 12.1 Å². The fraction of sp³-hybridized carbons (Fsp3) is 0.231. The number of rotatable bonds is 1. The number of hydrogen-bond donors (Lipinski definition) is 0. The van der Waals surface area contributed by atoms with Crippen molar-refractivity contribution in [3.05, 3.63) is 61.2 Å². The molecule has 2 nitrogen and oxygen atoms in total. The van der Waals surface area contributed by atoms with E-state index in [1.54, 1.807) is 0 Å². The van der Waals surface area contributed by atoms with Gasteiger partial charge in [0.25, 0.3) is 0 Å². The average Bonchev–Trinajstić information content (AvgIpc) is 2.32. The highest BCUT2D eigenvalue weighted by molar-refractivity contribution is 4.83. The van der Waals surface area contributed by atoms with Crippen molar-refractivity contribution in [2.75, 3.05) is 0 Å². The molecule has 78 valence electrons. The summed E-state index contributed by atoms with van der Waals surface area (Å²) in [6, 6.07) is 12.1. The maximum atomic E-state index is 2.12. The Bertz CT molecular complexity index is 357. The second-order valence-corrected chi connectivity index (χ2v) is 3.25. The van der Waals surface area contributed by atoms with Gasteiger partial charge < -0.3 is 0 Å².